The van der Waals surface area contributed by atoms with Gasteiger partial charge in [-0.1, -0.05) is 28.9 Å². The zero-order valence-corrected chi connectivity index (χ0v) is 12.2. The van der Waals surface area contributed by atoms with Gasteiger partial charge in [0.2, 0.25) is 0 Å². The summed E-state index contributed by atoms with van der Waals surface area (Å²) in [4.78, 5) is 0.863. The molecule has 3 rings (SSSR count). The van der Waals surface area contributed by atoms with E-state index in [-0.39, 0.29) is 0 Å². The van der Waals surface area contributed by atoms with Crippen LogP contribution in [0.4, 0.5) is 5.82 Å². The predicted octanol–water partition coefficient (Wildman–Crippen LogP) is 4.31. The van der Waals surface area contributed by atoms with Gasteiger partial charge in [0.25, 0.3) is 0 Å². The van der Waals surface area contributed by atoms with Crippen LogP contribution in [0.25, 0.3) is 21.8 Å². The fraction of sp³-hybridized carbons (Fsp3) is 0.0714. The van der Waals surface area contributed by atoms with Gasteiger partial charge in [-0.15, -0.1) is 11.3 Å². The van der Waals surface area contributed by atoms with E-state index in [1.165, 1.54) is 11.3 Å². The number of hydrogen-bond donors (Lipinski definition) is 1. The minimum atomic E-state index is 0.345. The molecule has 0 fully saturated rings. The molecular weight excluding hydrogens is 296 g/mol. The molecule has 20 heavy (non-hydrogen) atoms. The van der Waals surface area contributed by atoms with Crippen molar-refractivity contribution in [3.63, 3.8) is 0 Å². The Labute approximate surface area is 124 Å². The Morgan fingerprint density at radius 1 is 1.25 bits per heavy atom. The van der Waals surface area contributed by atoms with E-state index in [0.29, 0.717) is 16.6 Å². The number of rotatable bonds is 3. The van der Waals surface area contributed by atoms with Crippen LogP contribution in [-0.4, -0.2) is 12.3 Å². The highest BCUT2D eigenvalue weighted by molar-refractivity contribution is 7.14. The highest BCUT2D eigenvalue weighted by Gasteiger charge is 2.21. The summed E-state index contributed by atoms with van der Waals surface area (Å²) in [7, 11) is 1.62. The van der Waals surface area contributed by atoms with E-state index >= 15 is 0 Å². The molecule has 2 N–H and O–H groups in total. The van der Waals surface area contributed by atoms with Crippen molar-refractivity contribution in [2.75, 3.05) is 12.8 Å². The van der Waals surface area contributed by atoms with Gasteiger partial charge in [0.05, 0.1) is 12.7 Å². The predicted molar refractivity (Wildman–Crippen MR) is 81.2 cm³/mol. The van der Waals surface area contributed by atoms with Gasteiger partial charge in [-0.05, 0) is 29.1 Å². The zero-order chi connectivity index (χ0) is 14.1. The molecule has 0 bridgehead atoms. The fourth-order valence-corrected chi connectivity index (χ4v) is 2.94. The Hall–Kier alpha value is -1.98. The van der Waals surface area contributed by atoms with Gasteiger partial charge in [0.15, 0.2) is 11.6 Å². The number of nitrogens with two attached hydrogens (primary N) is 1. The van der Waals surface area contributed by atoms with Gasteiger partial charge in [-0.2, -0.15) is 0 Å². The smallest absolute Gasteiger partial charge is 0.190 e. The Bertz CT molecular complexity index is 734. The van der Waals surface area contributed by atoms with Crippen LogP contribution in [0.2, 0.25) is 5.02 Å². The van der Waals surface area contributed by atoms with Crippen LogP contribution in [0.3, 0.4) is 0 Å². The number of anilines is 1. The molecule has 102 valence electrons. The lowest BCUT2D eigenvalue weighted by molar-refractivity contribution is 0.409. The number of methoxy groups -OCH3 is 1. The van der Waals surface area contributed by atoms with E-state index in [1.54, 1.807) is 19.2 Å². The van der Waals surface area contributed by atoms with Gasteiger partial charge < -0.3 is 15.0 Å². The summed E-state index contributed by atoms with van der Waals surface area (Å²) in [6.07, 6.45) is 0. The molecule has 0 radical (unpaired) electrons. The first-order valence-corrected chi connectivity index (χ1v) is 7.09. The van der Waals surface area contributed by atoms with Crippen LogP contribution in [0, 0.1) is 0 Å². The molecule has 0 unspecified atom stereocenters. The average molecular weight is 307 g/mol. The molecule has 0 aliphatic rings. The van der Waals surface area contributed by atoms with Crippen molar-refractivity contribution >= 4 is 28.8 Å². The number of aromatic nitrogens is 1. The molecular formula is C14H11ClN2O2S. The lowest BCUT2D eigenvalue weighted by Gasteiger charge is -2.03. The molecule has 0 spiro atoms. The largest absolute Gasteiger partial charge is 0.495 e. The first kappa shape index (κ1) is 13.0. The standard InChI is InChI=1S/C14H11ClN2O2S/c1-18-10-6-7-20-13(10)12-11(14(16)17-19-12)8-2-4-9(15)5-3-8/h2-7H,1H3,(H2,16,17). The quantitative estimate of drug-likeness (QED) is 0.783. The molecule has 2 aromatic heterocycles. The Morgan fingerprint density at radius 3 is 2.70 bits per heavy atom. The number of thiophene rings is 1. The minimum absolute atomic E-state index is 0.345. The summed E-state index contributed by atoms with van der Waals surface area (Å²) in [5, 5.41) is 6.46. The second-order valence-corrected chi connectivity index (χ2v) is 5.45. The van der Waals surface area contributed by atoms with Crippen LogP contribution < -0.4 is 10.5 Å². The van der Waals surface area contributed by atoms with Crippen molar-refractivity contribution in [3.05, 3.63) is 40.7 Å². The van der Waals surface area contributed by atoms with Crippen LogP contribution in [0.1, 0.15) is 0 Å². The Morgan fingerprint density at radius 2 is 2.00 bits per heavy atom. The van der Waals surface area contributed by atoms with Crippen LogP contribution in [0.15, 0.2) is 40.2 Å². The third-order valence-corrected chi connectivity index (χ3v) is 4.05. The zero-order valence-electron chi connectivity index (χ0n) is 10.6. The van der Waals surface area contributed by atoms with Crippen molar-refractivity contribution < 1.29 is 9.26 Å². The van der Waals surface area contributed by atoms with Crippen molar-refractivity contribution in [3.8, 4) is 27.5 Å². The monoisotopic (exact) mass is 306 g/mol. The van der Waals surface area contributed by atoms with Gasteiger partial charge >= 0.3 is 0 Å². The Balaban J connectivity index is 2.17. The highest BCUT2D eigenvalue weighted by Crippen LogP contribution is 2.43. The van der Waals surface area contributed by atoms with E-state index in [0.717, 1.165) is 21.8 Å². The van der Waals surface area contributed by atoms with E-state index in [2.05, 4.69) is 5.16 Å². The molecule has 0 aliphatic heterocycles. The maximum Gasteiger partial charge on any atom is 0.190 e. The van der Waals surface area contributed by atoms with E-state index in [9.17, 15) is 0 Å². The summed E-state index contributed by atoms with van der Waals surface area (Å²) in [5.41, 5.74) is 7.59. The van der Waals surface area contributed by atoms with E-state index < -0.39 is 0 Å². The fourth-order valence-electron chi connectivity index (χ4n) is 1.98. The normalized spacial score (nSPS) is 10.7. The lowest BCUT2D eigenvalue weighted by atomic mass is 10.1. The summed E-state index contributed by atoms with van der Waals surface area (Å²) in [6.45, 7) is 0. The van der Waals surface area contributed by atoms with Gasteiger partial charge in [0.1, 0.15) is 10.6 Å². The maximum absolute atomic E-state index is 5.94. The van der Waals surface area contributed by atoms with Gasteiger partial charge in [-0.3, -0.25) is 0 Å². The molecule has 6 heteroatoms. The Kier molecular flexibility index (Phi) is 3.38. The first-order chi connectivity index (χ1) is 9.70. The maximum atomic E-state index is 5.94. The SMILES string of the molecule is COc1ccsc1-c1onc(N)c1-c1ccc(Cl)cc1. The number of nitrogen functional groups attached to an aromatic ring is 1. The van der Waals surface area contributed by atoms with Crippen LogP contribution >= 0.6 is 22.9 Å². The van der Waals surface area contributed by atoms with Crippen molar-refractivity contribution in [1.29, 1.82) is 0 Å². The van der Waals surface area contributed by atoms with Gasteiger partial charge in [-0.25, -0.2) is 0 Å². The molecule has 0 amide bonds. The molecule has 1 aromatic carbocycles. The van der Waals surface area contributed by atoms with E-state index in [1.807, 2.05) is 23.6 Å². The van der Waals surface area contributed by atoms with Crippen molar-refractivity contribution in [2.24, 2.45) is 0 Å². The topological polar surface area (TPSA) is 61.3 Å². The van der Waals surface area contributed by atoms with Crippen LogP contribution in [-0.2, 0) is 0 Å². The third kappa shape index (κ3) is 2.15. The summed E-state index contributed by atoms with van der Waals surface area (Å²) in [6, 6.07) is 9.26. The first-order valence-electron chi connectivity index (χ1n) is 5.83. The molecule has 0 saturated carbocycles. The molecule has 0 saturated heterocycles. The average Bonchev–Trinajstić information content (AvgIpc) is 3.05. The van der Waals surface area contributed by atoms with Crippen molar-refractivity contribution in [2.45, 2.75) is 0 Å². The molecule has 2 heterocycles. The summed E-state index contributed by atoms with van der Waals surface area (Å²) < 4.78 is 10.7. The number of ether oxygens (including phenoxy) is 1. The third-order valence-electron chi connectivity index (χ3n) is 2.91. The number of nitrogens with zero attached hydrogens (tertiary/aromatic N) is 1. The lowest BCUT2D eigenvalue weighted by Crippen LogP contribution is -1.89. The summed E-state index contributed by atoms with van der Waals surface area (Å²) in [5.74, 6) is 1.69. The van der Waals surface area contributed by atoms with Crippen molar-refractivity contribution in [1.82, 2.24) is 5.16 Å². The molecule has 4 nitrogen and oxygen atoms in total. The minimum Gasteiger partial charge on any atom is -0.495 e. The summed E-state index contributed by atoms with van der Waals surface area (Å²) >= 11 is 7.42. The van der Waals surface area contributed by atoms with E-state index in [4.69, 9.17) is 26.6 Å². The van der Waals surface area contributed by atoms with Crippen LogP contribution in [0.5, 0.6) is 5.75 Å². The molecule has 0 atom stereocenters. The number of benzene rings is 1. The molecule has 3 aromatic rings. The van der Waals surface area contributed by atoms with Gasteiger partial charge in [0, 0.05) is 5.02 Å². The second kappa shape index (κ2) is 5.19. The highest BCUT2D eigenvalue weighted by atomic mass is 35.5. The second-order valence-electron chi connectivity index (χ2n) is 4.10. The molecule has 0 aliphatic carbocycles. The number of hydrogen-bond acceptors (Lipinski definition) is 5. The number of halogens is 1.